The van der Waals surface area contributed by atoms with E-state index in [1.54, 1.807) is 11.0 Å². The van der Waals surface area contributed by atoms with Gasteiger partial charge in [-0.1, -0.05) is 57.2 Å². The minimum Gasteiger partial charge on any atom is -0.351 e. The summed E-state index contributed by atoms with van der Waals surface area (Å²) in [6.45, 7) is 6.36. The molecule has 156 valence electrons. The molecule has 2 N–H and O–H groups in total. The van der Waals surface area contributed by atoms with Crippen LogP contribution in [0.25, 0.3) is 11.1 Å². The summed E-state index contributed by atoms with van der Waals surface area (Å²) in [6, 6.07) is 14.6. The fourth-order valence-electron chi connectivity index (χ4n) is 4.19. The van der Waals surface area contributed by atoms with Gasteiger partial charge in [0.1, 0.15) is 6.04 Å². The molecule has 0 aromatic heterocycles. The van der Waals surface area contributed by atoms with Crippen LogP contribution in [-0.2, 0) is 9.59 Å². The minimum atomic E-state index is -0.579. The zero-order chi connectivity index (χ0) is 21.5. The molecule has 6 nitrogen and oxygen atoms in total. The average Bonchev–Trinajstić information content (AvgIpc) is 3.07. The first kappa shape index (κ1) is 20.1. The van der Waals surface area contributed by atoms with Crippen LogP contribution in [0, 0.1) is 5.41 Å². The molecule has 2 aliphatic heterocycles. The summed E-state index contributed by atoms with van der Waals surface area (Å²) in [5, 5.41) is 5.90. The number of nitrogens with one attached hydrogen (secondary N) is 2. The lowest BCUT2D eigenvalue weighted by Gasteiger charge is -2.21. The molecule has 4 rings (SSSR count). The molecule has 0 unspecified atom stereocenters. The Kier molecular flexibility index (Phi) is 5.10. The van der Waals surface area contributed by atoms with Crippen LogP contribution in [0.5, 0.6) is 0 Å². The van der Waals surface area contributed by atoms with Crippen LogP contribution in [0.2, 0.25) is 0 Å². The number of anilines is 1. The maximum Gasteiger partial charge on any atom is 0.256 e. The van der Waals surface area contributed by atoms with E-state index in [1.165, 1.54) is 0 Å². The fraction of sp³-hybridized carbons (Fsp3) is 0.375. The molecular weight excluding hydrogens is 378 g/mol. The van der Waals surface area contributed by atoms with Crippen molar-refractivity contribution in [3.63, 3.8) is 0 Å². The Bertz CT molecular complexity index is 995. The van der Waals surface area contributed by atoms with Crippen molar-refractivity contribution < 1.29 is 14.4 Å². The first-order valence-corrected chi connectivity index (χ1v) is 10.3. The summed E-state index contributed by atoms with van der Waals surface area (Å²) in [5.74, 6) is -0.439. The van der Waals surface area contributed by atoms with Gasteiger partial charge in [-0.3, -0.25) is 14.4 Å². The molecule has 2 aromatic rings. The number of fused-ring (bicyclic) bond motifs is 2. The van der Waals surface area contributed by atoms with E-state index < -0.39 is 6.04 Å². The molecule has 0 radical (unpaired) electrons. The van der Waals surface area contributed by atoms with E-state index in [0.717, 1.165) is 11.1 Å². The second-order valence-corrected chi connectivity index (χ2v) is 9.33. The molecule has 2 aliphatic rings. The summed E-state index contributed by atoms with van der Waals surface area (Å²) >= 11 is 0. The largest absolute Gasteiger partial charge is 0.351 e. The number of hydrogen-bond acceptors (Lipinski definition) is 3. The van der Waals surface area contributed by atoms with Gasteiger partial charge in [0.25, 0.3) is 5.91 Å². The topological polar surface area (TPSA) is 78.5 Å². The lowest BCUT2D eigenvalue weighted by molar-refractivity contribution is -0.123. The lowest BCUT2D eigenvalue weighted by Crippen LogP contribution is -2.41. The molecule has 2 aromatic carbocycles. The van der Waals surface area contributed by atoms with Gasteiger partial charge in [-0.05, 0) is 35.1 Å². The van der Waals surface area contributed by atoms with Crippen molar-refractivity contribution in [2.24, 2.45) is 5.41 Å². The summed E-state index contributed by atoms with van der Waals surface area (Å²) in [4.78, 5) is 40.1. The van der Waals surface area contributed by atoms with Gasteiger partial charge in [0.2, 0.25) is 11.8 Å². The van der Waals surface area contributed by atoms with Crippen LogP contribution in [0.1, 0.15) is 44.0 Å². The number of hydrogen-bond donors (Lipinski definition) is 2. The van der Waals surface area contributed by atoms with Gasteiger partial charge in [-0.2, -0.15) is 0 Å². The number of carbonyl (C=O) groups is 3. The third-order valence-corrected chi connectivity index (χ3v) is 5.54. The highest BCUT2D eigenvalue weighted by Crippen LogP contribution is 2.32. The summed E-state index contributed by atoms with van der Waals surface area (Å²) in [6.07, 6.45) is 0.824. The molecule has 0 saturated carbocycles. The van der Waals surface area contributed by atoms with E-state index in [4.69, 9.17) is 0 Å². The molecule has 0 spiro atoms. The standard InChI is InChI=1S/C24H27N3O3/c1-24(2,3)13-21(28)25-17-12-20-22(29)26-19-10-9-16(15-7-5-4-6-8-15)11-18(19)23(30)27(20)14-17/h4-11,17,20H,12-14H2,1-3H3,(H,25,28)(H,26,29)/t17-,20-/m0/s1. The van der Waals surface area contributed by atoms with Crippen LogP contribution in [-0.4, -0.2) is 41.2 Å². The van der Waals surface area contributed by atoms with E-state index in [9.17, 15) is 14.4 Å². The Hall–Kier alpha value is -3.15. The summed E-state index contributed by atoms with van der Waals surface area (Å²) in [7, 11) is 0. The van der Waals surface area contributed by atoms with Gasteiger partial charge in [0.05, 0.1) is 11.3 Å². The molecule has 3 amide bonds. The smallest absolute Gasteiger partial charge is 0.256 e. The predicted octanol–water partition coefficient (Wildman–Crippen LogP) is 3.44. The monoisotopic (exact) mass is 405 g/mol. The lowest BCUT2D eigenvalue weighted by atomic mass is 9.92. The Balaban J connectivity index is 1.57. The molecule has 2 atom stereocenters. The summed E-state index contributed by atoms with van der Waals surface area (Å²) in [5.41, 5.74) is 2.83. The number of amides is 3. The fourth-order valence-corrected chi connectivity index (χ4v) is 4.19. The molecule has 0 aliphatic carbocycles. The Labute approximate surface area is 176 Å². The van der Waals surface area contributed by atoms with E-state index in [2.05, 4.69) is 10.6 Å². The summed E-state index contributed by atoms with van der Waals surface area (Å²) < 4.78 is 0. The van der Waals surface area contributed by atoms with Crippen molar-refractivity contribution in [2.45, 2.75) is 45.7 Å². The van der Waals surface area contributed by atoms with Crippen LogP contribution in [0.15, 0.2) is 48.5 Å². The predicted molar refractivity (Wildman–Crippen MR) is 116 cm³/mol. The van der Waals surface area contributed by atoms with Crippen LogP contribution in [0.4, 0.5) is 5.69 Å². The second kappa shape index (κ2) is 7.59. The molecular formula is C24H27N3O3. The van der Waals surface area contributed by atoms with Crippen LogP contribution in [0.3, 0.4) is 0 Å². The van der Waals surface area contributed by atoms with Crippen molar-refractivity contribution in [3.8, 4) is 11.1 Å². The van der Waals surface area contributed by atoms with Crippen LogP contribution >= 0.6 is 0 Å². The Morgan fingerprint density at radius 3 is 2.53 bits per heavy atom. The maximum absolute atomic E-state index is 13.3. The number of rotatable bonds is 3. The molecule has 6 heteroatoms. The van der Waals surface area contributed by atoms with Gasteiger partial charge in [-0.25, -0.2) is 0 Å². The van der Waals surface area contributed by atoms with Crippen molar-refractivity contribution in [2.75, 3.05) is 11.9 Å². The normalized spacial score (nSPS) is 20.8. The minimum absolute atomic E-state index is 0.0511. The number of benzene rings is 2. The molecule has 2 heterocycles. The van der Waals surface area contributed by atoms with Gasteiger partial charge in [0, 0.05) is 19.0 Å². The van der Waals surface area contributed by atoms with E-state index >= 15 is 0 Å². The van der Waals surface area contributed by atoms with Gasteiger partial charge in [-0.15, -0.1) is 0 Å². The first-order valence-electron chi connectivity index (χ1n) is 10.3. The molecule has 1 saturated heterocycles. The molecule has 1 fully saturated rings. The SMILES string of the molecule is CC(C)(C)CC(=O)N[C@H]1C[C@H]2C(=O)Nc3ccc(-c4ccccc4)cc3C(=O)N2C1. The molecule has 0 bridgehead atoms. The second-order valence-electron chi connectivity index (χ2n) is 9.33. The van der Waals surface area contributed by atoms with Gasteiger partial charge >= 0.3 is 0 Å². The zero-order valence-electron chi connectivity index (χ0n) is 17.6. The average molecular weight is 405 g/mol. The Morgan fingerprint density at radius 1 is 1.10 bits per heavy atom. The van der Waals surface area contributed by atoms with E-state index in [-0.39, 0.29) is 29.2 Å². The highest BCUT2D eigenvalue weighted by Gasteiger charge is 2.43. The van der Waals surface area contributed by atoms with Crippen molar-refractivity contribution in [1.29, 1.82) is 0 Å². The van der Waals surface area contributed by atoms with Crippen molar-refractivity contribution in [3.05, 3.63) is 54.1 Å². The van der Waals surface area contributed by atoms with Crippen molar-refractivity contribution in [1.82, 2.24) is 10.2 Å². The van der Waals surface area contributed by atoms with E-state index in [0.29, 0.717) is 30.6 Å². The van der Waals surface area contributed by atoms with Gasteiger partial charge in [0.15, 0.2) is 0 Å². The third kappa shape index (κ3) is 4.08. The number of nitrogens with zero attached hydrogens (tertiary/aromatic N) is 1. The highest BCUT2D eigenvalue weighted by molar-refractivity contribution is 6.10. The van der Waals surface area contributed by atoms with Gasteiger partial charge < -0.3 is 15.5 Å². The Morgan fingerprint density at radius 2 is 1.83 bits per heavy atom. The zero-order valence-corrected chi connectivity index (χ0v) is 17.6. The van der Waals surface area contributed by atoms with Crippen LogP contribution < -0.4 is 10.6 Å². The van der Waals surface area contributed by atoms with E-state index in [1.807, 2.05) is 63.2 Å². The third-order valence-electron chi connectivity index (χ3n) is 5.54. The molecule has 30 heavy (non-hydrogen) atoms. The maximum atomic E-state index is 13.3. The van der Waals surface area contributed by atoms with Crippen molar-refractivity contribution >= 4 is 23.4 Å². The number of carbonyl (C=O) groups excluding carboxylic acids is 3. The first-order chi connectivity index (χ1) is 14.2. The quantitative estimate of drug-likeness (QED) is 0.821. The highest BCUT2D eigenvalue weighted by atomic mass is 16.2.